The number of ether oxygens (including phenoxy) is 2. The van der Waals surface area contributed by atoms with Gasteiger partial charge in [0, 0.05) is 39.5 Å². The average molecular weight is 320 g/mol. The van der Waals surface area contributed by atoms with Crippen molar-refractivity contribution in [1.29, 1.82) is 0 Å². The normalized spacial score (nSPS) is 10.6. The number of amides is 1. The zero-order valence-electron chi connectivity index (χ0n) is 11.7. The Morgan fingerprint density at radius 1 is 1.10 bits per heavy atom. The molecule has 0 aliphatic carbocycles. The van der Waals surface area contributed by atoms with Crippen LogP contribution < -0.4 is 0 Å². The summed E-state index contributed by atoms with van der Waals surface area (Å²) < 4.78 is 10.0. The second-order valence-electron chi connectivity index (χ2n) is 4.26. The van der Waals surface area contributed by atoms with Crippen LogP contribution in [0.1, 0.15) is 16.8 Å². The minimum atomic E-state index is -0.0864. The van der Waals surface area contributed by atoms with Crippen molar-refractivity contribution < 1.29 is 14.3 Å². The molecule has 0 saturated carbocycles. The van der Waals surface area contributed by atoms with E-state index in [1.165, 1.54) is 0 Å². The zero-order valence-corrected chi connectivity index (χ0v) is 13.2. The van der Waals surface area contributed by atoms with E-state index in [-0.39, 0.29) is 5.91 Å². The third-order valence-corrected chi connectivity index (χ3v) is 3.53. The second-order valence-corrected chi connectivity index (χ2v) is 5.07. The number of carbonyl (C=O) groups is 1. The molecule has 6 heteroatoms. The Morgan fingerprint density at radius 3 is 2.40 bits per heavy atom. The maximum atomic E-state index is 12.4. The summed E-state index contributed by atoms with van der Waals surface area (Å²) in [6, 6.07) is 4.88. The molecule has 1 rings (SSSR count). The van der Waals surface area contributed by atoms with Gasteiger partial charge in [-0.3, -0.25) is 4.79 Å². The van der Waals surface area contributed by atoms with E-state index in [0.29, 0.717) is 41.9 Å². The molecule has 1 aromatic carbocycles. The predicted molar refractivity (Wildman–Crippen MR) is 80.7 cm³/mol. The standard InChI is InChI=1S/C14H19Cl2NO3/c1-19-8-3-6-17(7-9-20-2)14(18)11-4-5-12(15)13(16)10-11/h4-5,10H,3,6-9H2,1-2H3. The molecule has 4 nitrogen and oxygen atoms in total. The van der Waals surface area contributed by atoms with Crippen molar-refractivity contribution in [3.05, 3.63) is 33.8 Å². The van der Waals surface area contributed by atoms with Gasteiger partial charge in [-0.25, -0.2) is 0 Å². The van der Waals surface area contributed by atoms with E-state index in [4.69, 9.17) is 32.7 Å². The van der Waals surface area contributed by atoms with Crippen LogP contribution in [-0.4, -0.2) is 51.3 Å². The molecule has 0 aliphatic heterocycles. The van der Waals surface area contributed by atoms with Gasteiger partial charge in [-0.05, 0) is 24.6 Å². The van der Waals surface area contributed by atoms with Crippen LogP contribution in [0.3, 0.4) is 0 Å². The molecule has 0 bridgehead atoms. The van der Waals surface area contributed by atoms with Crippen LogP contribution >= 0.6 is 23.2 Å². The van der Waals surface area contributed by atoms with E-state index in [1.54, 1.807) is 37.3 Å². The quantitative estimate of drug-likeness (QED) is 0.691. The number of hydrogen-bond donors (Lipinski definition) is 0. The highest BCUT2D eigenvalue weighted by molar-refractivity contribution is 6.42. The minimum Gasteiger partial charge on any atom is -0.385 e. The minimum absolute atomic E-state index is 0.0864. The monoisotopic (exact) mass is 319 g/mol. The van der Waals surface area contributed by atoms with Gasteiger partial charge >= 0.3 is 0 Å². The molecule has 0 saturated heterocycles. The lowest BCUT2D eigenvalue weighted by molar-refractivity contribution is 0.0674. The average Bonchev–Trinajstić information content (AvgIpc) is 2.45. The molecule has 112 valence electrons. The molecule has 0 N–H and O–H groups in total. The van der Waals surface area contributed by atoms with Crippen molar-refractivity contribution in [1.82, 2.24) is 4.90 Å². The smallest absolute Gasteiger partial charge is 0.253 e. The molecular weight excluding hydrogens is 301 g/mol. The number of carbonyl (C=O) groups excluding carboxylic acids is 1. The number of rotatable bonds is 8. The lowest BCUT2D eigenvalue weighted by Crippen LogP contribution is -2.35. The fraction of sp³-hybridized carbons (Fsp3) is 0.500. The van der Waals surface area contributed by atoms with Crippen molar-refractivity contribution in [2.75, 3.05) is 40.5 Å². The summed E-state index contributed by atoms with van der Waals surface area (Å²) in [6.07, 6.45) is 0.771. The van der Waals surface area contributed by atoms with Crippen LogP contribution in [0.25, 0.3) is 0 Å². The lowest BCUT2D eigenvalue weighted by atomic mass is 10.2. The zero-order chi connectivity index (χ0) is 15.0. The fourth-order valence-electron chi connectivity index (χ4n) is 1.73. The molecule has 0 unspecified atom stereocenters. The summed E-state index contributed by atoms with van der Waals surface area (Å²) in [5.41, 5.74) is 0.521. The van der Waals surface area contributed by atoms with Crippen molar-refractivity contribution in [3.8, 4) is 0 Å². The SMILES string of the molecule is COCCCN(CCOC)C(=O)c1ccc(Cl)c(Cl)c1. The van der Waals surface area contributed by atoms with Gasteiger partial charge in [0.05, 0.1) is 16.7 Å². The van der Waals surface area contributed by atoms with Crippen molar-refractivity contribution >= 4 is 29.1 Å². The van der Waals surface area contributed by atoms with Crippen molar-refractivity contribution in [3.63, 3.8) is 0 Å². The van der Waals surface area contributed by atoms with E-state index in [1.807, 2.05) is 0 Å². The number of benzene rings is 1. The van der Waals surface area contributed by atoms with Crippen LogP contribution in [0.15, 0.2) is 18.2 Å². The Kier molecular flexibility index (Phi) is 7.92. The second kappa shape index (κ2) is 9.19. The molecule has 0 heterocycles. The van der Waals surface area contributed by atoms with E-state index >= 15 is 0 Å². The summed E-state index contributed by atoms with van der Waals surface area (Å²) in [6.45, 7) is 2.23. The van der Waals surface area contributed by atoms with Gasteiger partial charge in [0.25, 0.3) is 5.91 Å². The topological polar surface area (TPSA) is 38.8 Å². The fourth-order valence-corrected chi connectivity index (χ4v) is 2.03. The summed E-state index contributed by atoms with van der Waals surface area (Å²) in [5, 5.41) is 0.812. The Hall–Kier alpha value is -0.810. The van der Waals surface area contributed by atoms with Crippen LogP contribution in [0.2, 0.25) is 10.0 Å². The van der Waals surface area contributed by atoms with Crippen molar-refractivity contribution in [2.45, 2.75) is 6.42 Å². The molecule has 20 heavy (non-hydrogen) atoms. The first-order valence-electron chi connectivity index (χ1n) is 6.32. The van der Waals surface area contributed by atoms with Gasteiger partial charge in [-0.1, -0.05) is 23.2 Å². The predicted octanol–water partition coefficient (Wildman–Crippen LogP) is 3.12. The van der Waals surface area contributed by atoms with Gasteiger partial charge in [0.1, 0.15) is 0 Å². The first kappa shape index (κ1) is 17.2. The Bertz CT molecular complexity index is 440. The van der Waals surface area contributed by atoms with E-state index in [2.05, 4.69) is 0 Å². The Morgan fingerprint density at radius 2 is 1.80 bits per heavy atom. The summed E-state index contributed by atoms with van der Waals surface area (Å²) in [7, 11) is 3.25. The van der Waals surface area contributed by atoms with E-state index in [9.17, 15) is 4.79 Å². The van der Waals surface area contributed by atoms with Gasteiger partial charge in [-0.15, -0.1) is 0 Å². The van der Waals surface area contributed by atoms with Crippen molar-refractivity contribution in [2.24, 2.45) is 0 Å². The molecule has 1 aromatic rings. The highest BCUT2D eigenvalue weighted by Gasteiger charge is 2.16. The molecule has 0 atom stereocenters. The molecule has 1 amide bonds. The largest absolute Gasteiger partial charge is 0.385 e. The molecule has 0 aliphatic rings. The number of nitrogens with zero attached hydrogens (tertiary/aromatic N) is 1. The van der Waals surface area contributed by atoms with E-state index in [0.717, 1.165) is 6.42 Å². The van der Waals surface area contributed by atoms with E-state index < -0.39 is 0 Å². The van der Waals surface area contributed by atoms with Crippen LogP contribution in [0, 0.1) is 0 Å². The van der Waals surface area contributed by atoms with Gasteiger partial charge < -0.3 is 14.4 Å². The van der Waals surface area contributed by atoms with Gasteiger partial charge in [0.2, 0.25) is 0 Å². The highest BCUT2D eigenvalue weighted by atomic mass is 35.5. The third kappa shape index (κ3) is 5.29. The van der Waals surface area contributed by atoms with Gasteiger partial charge in [0.15, 0.2) is 0 Å². The lowest BCUT2D eigenvalue weighted by Gasteiger charge is -2.22. The Balaban J connectivity index is 2.76. The molecule has 0 spiro atoms. The van der Waals surface area contributed by atoms with Crippen LogP contribution in [-0.2, 0) is 9.47 Å². The third-order valence-electron chi connectivity index (χ3n) is 2.80. The Labute approximate surface area is 129 Å². The summed E-state index contributed by atoms with van der Waals surface area (Å²) in [4.78, 5) is 14.2. The molecule has 0 fully saturated rings. The summed E-state index contributed by atoms with van der Waals surface area (Å²) in [5.74, 6) is -0.0864. The number of hydrogen-bond acceptors (Lipinski definition) is 3. The number of methoxy groups -OCH3 is 2. The maximum Gasteiger partial charge on any atom is 0.253 e. The molecule has 0 aromatic heterocycles. The van der Waals surface area contributed by atoms with Gasteiger partial charge in [-0.2, -0.15) is 0 Å². The first-order chi connectivity index (χ1) is 9.60. The van der Waals surface area contributed by atoms with Crippen LogP contribution in [0.5, 0.6) is 0 Å². The number of halogens is 2. The molecule has 0 radical (unpaired) electrons. The summed E-state index contributed by atoms with van der Waals surface area (Å²) >= 11 is 11.8. The maximum absolute atomic E-state index is 12.4. The highest BCUT2D eigenvalue weighted by Crippen LogP contribution is 2.23. The first-order valence-corrected chi connectivity index (χ1v) is 7.08. The van der Waals surface area contributed by atoms with Crippen LogP contribution in [0.4, 0.5) is 0 Å². The molecular formula is C14H19Cl2NO3.